The van der Waals surface area contributed by atoms with Crippen LogP contribution in [0.3, 0.4) is 0 Å². The Kier molecular flexibility index (Phi) is 26.3. The van der Waals surface area contributed by atoms with Gasteiger partial charge in [0.1, 0.15) is 0 Å². The van der Waals surface area contributed by atoms with Gasteiger partial charge in [0.05, 0.1) is 52.9 Å². The number of aliphatic hydroxyl groups excluding tert-OH is 2. The second-order valence-electron chi connectivity index (χ2n) is 3.83. The minimum Gasteiger partial charge on any atom is -0.394 e. The molecule has 0 aromatic rings. The van der Waals surface area contributed by atoms with Gasteiger partial charge < -0.3 is 29.2 Å². The van der Waals surface area contributed by atoms with E-state index in [2.05, 4.69) is 6.92 Å². The molecule has 0 saturated carbocycles. The molecule has 0 aromatic carbocycles. The average Bonchev–Trinajstić information content (AvgIpc) is 2.47. The molecule has 6 heteroatoms. The Labute approximate surface area is 123 Å². The van der Waals surface area contributed by atoms with Gasteiger partial charge in [0.15, 0.2) is 0 Å². The van der Waals surface area contributed by atoms with E-state index in [0.717, 1.165) is 26.1 Å². The Balaban J connectivity index is 0. The second-order valence-corrected chi connectivity index (χ2v) is 3.83. The van der Waals surface area contributed by atoms with Crippen LogP contribution in [0.4, 0.5) is 0 Å². The van der Waals surface area contributed by atoms with Crippen LogP contribution in [0.25, 0.3) is 0 Å². The summed E-state index contributed by atoms with van der Waals surface area (Å²) in [7, 11) is 0. The summed E-state index contributed by atoms with van der Waals surface area (Å²) in [5.41, 5.74) is 0. The quantitative estimate of drug-likeness (QED) is 0.463. The smallest absolute Gasteiger partial charge is 0.0701 e. The molecule has 0 aromatic heterocycles. The predicted molar refractivity (Wildman–Crippen MR) is 78.0 cm³/mol. The lowest BCUT2D eigenvalue weighted by Crippen LogP contribution is -2.07. The summed E-state index contributed by atoms with van der Waals surface area (Å²) in [6.45, 7) is 9.04. The number of rotatable bonds is 14. The molecular formula is C14H32O6. The first-order chi connectivity index (χ1) is 9.83. The van der Waals surface area contributed by atoms with Crippen LogP contribution in [0.1, 0.15) is 26.7 Å². The van der Waals surface area contributed by atoms with Crippen molar-refractivity contribution in [3.8, 4) is 0 Å². The lowest BCUT2D eigenvalue weighted by molar-refractivity contribution is 0.0324. The van der Waals surface area contributed by atoms with E-state index < -0.39 is 0 Å². The minimum atomic E-state index is 0.0894. The van der Waals surface area contributed by atoms with E-state index in [1.54, 1.807) is 0 Å². The van der Waals surface area contributed by atoms with Crippen LogP contribution in [0.5, 0.6) is 0 Å². The summed E-state index contributed by atoms with van der Waals surface area (Å²) in [5, 5.41) is 16.6. The van der Waals surface area contributed by atoms with Crippen molar-refractivity contribution in [3.63, 3.8) is 0 Å². The van der Waals surface area contributed by atoms with E-state index >= 15 is 0 Å². The van der Waals surface area contributed by atoms with Crippen LogP contribution in [0.2, 0.25) is 0 Å². The molecule has 6 nitrogen and oxygen atoms in total. The first-order valence-corrected chi connectivity index (χ1v) is 7.36. The molecule has 0 aliphatic carbocycles. The topological polar surface area (TPSA) is 77.4 Å². The second kappa shape index (κ2) is 23.8. The van der Waals surface area contributed by atoms with Crippen molar-refractivity contribution < 1.29 is 29.2 Å². The molecule has 20 heavy (non-hydrogen) atoms. The maximum Gasteiger partial charge on any atom is 0.0701 e. The third-order valence-corrected chi connectivity index (χ3v) is 2.06. The van der Waals surface area contributed by atoms with Gasteiger partial charge in [-0.2, -0.15) is 0 Å². The maximum absolute atomic E-state index is 8.34. The van der Waals surface area contributed by atoms with Crippen molar-refractivity contribution in [3.05, 3.63) is 0 Å². The zero-order chi connectivity index (χ0) is 15.3. The summed E-state index contributed by atoms with van der Waals surface area (Å²) < 4.78 is 20.1. The van der Waals surface area contributed by atoms with Crippen molar-refractivity contribution in [2.75, 3.05) is 66.1 Å². The summed E-state index contributed by atoms with van der Waals surface area (Å²) >= 11 is 0. The molecule has 0 atom stereocenters. The molecular weight excluding hydrogens is 264 g/mol. The fraction of sp³-hybridized carbons (Fsp3) is 1.00. The van der Waals surface area contributed by atoms with E-state index in [1.165, 1.54) is 0 Å². The van der Waals surface area contributed by atoms with Crippen LogP contribution >= 0.6 is 0 Å². The monoisotopic (exact) mass is 296 g/mol. The van der Waals surface area contributed by atoms with Gasteiger partial charge in [0.25, 0.3) is 0 Å². The van der Waals surface area contributed by atoms with Crippen molar-refractivity contribution in [1.29, 1.82) is 0 Å². The molecule has 0 heterocycles. The van der Waals surface area contributed by atoms with Crippen LogP contribution in [-0.4, -0.2) is 76.3 Å². The SMILES string of the molecule is CCCCOCCOCCO.CCOCCOCCO. The van der Waals surface area contributed by atoms with Gasteiger partial charge in [0.2, 0.25) is 0 Å². The molecule has 124 valence electrons. The van der Waals surface area contributed by atoms with Crippen LogP contribution in [0, 0.1) is 0 Å². The van der Waals surface area contributed by atoms with Gasteiger partial charge in [-0.1, -0.05) is 13.3 Å². The summed E-state index contributed by atoms with van der Waals surface area (Å²) in [5.74, 6) is 0. The van der Waals surface area contributed by atoms with Crippen molar-refractivity contribution in [1.82, 2.24) is 0 Å². The zero-order valence-corrected chi connectivity index (χ0v) is 13.0. The van der Waals surface area contributed by atoms with Crippen molar-refractivity contribution >= 4 is 0 Å². The molecule has 0 radical (unpaired) electrons. The Bertz CT molecular complexity index is 132. The standard InChI is InChI=1S/C8H18O3.C6H14O3/c1-2-3-5-10-7-8-11-6-4-9;1-2-8-5-6-9-4-3-7/h9H,2-8H2,1H3;7H,2-6H2,1H3. The highest BCUT2D eigenvalue weighted by atomic mass is 16.5. The normalized spacial score (nSPS) is 10.2. The third-order valence-electron chi connectivity index (χ3n) is 2.06. The molecule has 0 aliphatic heterocycles. The molecule has 0 saturated heterocycles. The van der Waals surface area contributed by atoms with E-state index in [9.17, 15) is 0 Å². The minimum absolute atomic E-state index is 0.0894. The van der Waals surface area contributed by atoms with Gasteiger partial charge in [0, 0.05) is 13.2 Å². The van der Waals surface area contributed by atoms with Crippen LogP contribution in [0.15, 0.2) is 0 Å². The highest BCUT2D eigenvalue weighted by molar-refractivity contribution is 4.33. The molecule has 0 amide bonds. The average molecular weight is 296 g/mol. The number of ether oxygens (including phenoxy) is 4. The molecule has 0 bridgehead atoms. The molecule has 0 aliphatic rings. The van der Waals surface area contributed by atoms with E-state index in [1.807, 2.05) is 6.92 Å². The van der Waals surface area contributed by atoms with Crippen LogP contribution in [-0.2, 0) is 18.9 Å². The van der Waals surface area contributed by atoms with Crippen LogP contribution < -0.4 is 0 Å². The Morgan fingerprint density at radius 1 is 0.600 bits per heavy atom. The van der Waals surface area contributed by atoms with Crippen molar-refractivity contribution in [2.45, 2.75) is 26.7 Å². The van der Waals surface area contributed by atoms with E-state index in [4.69, 9.17) is 29.2 Å². The molecule has 0 unspecified atom stereocenters. The number of aliphatic hydroxyl groups is 2. The van der Waals surface area contributed by atoms with Crippen molar-refractivity contribution in [2.24, 2.45) is 0 Å². The maximum atomic E-state index is 8.34. The van der Waals surface area contributed by atoms with Gasteiger partial charge in [-0.25, -0.2) is 0 Å². The Morgan fingerprint density at radius 3 is 1.45 bits per heavy atom. The molecule has 0 fully saturated rings. The molecule has 0 rings (SSSR count). The largest absolute Gasteiger partial charge is 0.394 e. The third kappa shape index (κ3) is 26.3. The van der Waals surface area contributed by atoms with Gasteiger partial charge in [-0.3, -0.25) is 0 Å². The Morgan fingerprint density at radius 2 is 1.05 bits per heavy atom. The molecule has 0 spiro atoms. The molecule has 2 N–H and O–H groups in total. The Hall–Kier alpha value is -0.240. The first kappa shape index (κ1) is 22.0. The summed E-state index contributed by atoms with van der Waals surface area (Å²) in [6.07, 6.45) is 2.28. The highest BCUT2D eigenvalue weighted by Gasteiger charge is 1.87. The highest BCUT2D eigenvalue weighted by Crippen LogP contribution is 1.87. The number of hydrogen-bond donors (Lipinski definition) is 2. The van der Waals surface area contributed by atoms with Gasteiger partial charge in [-0.15, -0.1) is 0 Å². The summed E-state index contributed by atoms with van der Waals surface area (Å²) in [6, 6.07) is 0. The summed E-state index contributed by atoms with van der Waals surface area (Å²) in [4.78, 5) is 0. The number of hydrogen-bond acceptors (Lipinski definition) is 6. The first-order valence-electron chi connectivity index (χ1n) is 7.36. The van der Waals surface area contributed by atoms with Gasteiger partial charge in [-0.05, 0) is 13.3 Å². The lowest BCUT2D eigenvalue weighted by atomic mass is 10.4. The zero-order valence-electron chi connectivity index (χ0n) is 13.0. The fourth-order valence-electron chi connectivity index (χ4n) is 1.06. The number of unbranched alkanes of at least 4 members (excludes halogenated alkanes) is 1. The predicted octanol–water partition coefficient (Wildman–Crippen LogP) is 0.844. The van der Waals surface area contributed by atoms with E-state index in [0.29, 0.717) is 39.6 Å². The lowest BCUT2D eigenvalue weighted by Gasteiger charge is -2.02. The fourth-order valence-corrected chi connectivity index (χ4v) is 1.06. The van der Waals surface area contributed by atoms with E-state index in [-0.39, 0.29) is 13.2 Å². The van der Waals surface area contributed by atoms with Gasteiger partial charge >= 0.3 is 0 Å².